The van der Waals surface area contributed by atoms with Gasteiger partial charge in [-0.15, -0.1) is 10.2 Å². The van der Waals surface area contributed by atoms with Crippen molar-refractivity contribution >= 4 is 23.5 Å². The van der Waals surface area contributed by atoms with Crippen LogP contribution in [0.3, 0.4) is 0 Å². The second-order valence-electron chi connectivity index (χ2n) is 11.4. The normalized spacial score (nSPS) is 23.3. The van der Waals surface area contributed by atoms with E-state index in [1.807, 2.05) is 0 Å². The highest BCUT2D eigenvalue weighted by Crippen LogP contribution is 2.66. The molecule has 0 spiro atoms. The van der Waals surface area contributed by atoms with Gasteiger partial charge in [0.1, 0.15) is 5.75 Å². The van der Waals surface area contributed by atoms with Gasteiger partial charge in [-0.1, -0.05) is 64.6 Å². The Morgan fingerprint density at radius 3 is 2.31 bits per heavy atom. The van der Waals surface area contributed by atoms with Crippen LogP contribution in [0.25, 0.3) is 5.69 Å². The van der Waals surface area contributed by atoms with Crippen molar-refractivity contribution in [3.05, 3.63) is 65.0 Å². The number of carbonyl (C=O) groups excluding carboxylic acids is 2. The zero-order chi connectivity index (χ0) is 27.9. The van der Waals surface area contributed by atoms with Crippen molar-refractivity contribution in [2.24, 2.45) is 16.7 Å². The van der Waals surface area contributed by atoms with Gasteiger partial charge in [-0.05, 0) is 72.4 Å². The van der Waals surface area contributed by atoms with Gasteiger partial charge in [0.25, 0.3) is 5.91 Å². The maximum atomic E-state index is 13.7. The third-order valence-corrected chi connectivity index (χ3v) is 10.6. The van der Waals surface area contributed by atoms with E-state index in [0.29, 0.717) is 34.0 Å². The first-order valence-corrected chi connectivity index (χ1v) is 14.7. The van der Waals surface area contributed by atoms with Crippen LogP contribution in [0.5, 0.6) is 5.75 Å². The maximum Gasteiger partial charge on any atom is 0.251 e. The first-order chi connectivity index (χ1) is 18.7. The molecule has 7 nitrogen and oxygen atoms in total. The summed E-state index contributed by atoms with van der Waals surface area (Å²) < 4.78 is 7.30. The molecule has 3 atom stereocenters. The molecule has 206 valence electrons. The SMILES string of the molecule is CCc1cccc(CC)c1-n1c(CNC(=O)c2ccc(OC)cc2)nnc1SC1C(=O)C2(C)CCC1C2(C)C. The van der Waals surface area contributed by atoms with Crippen LogP contribution in [0.15, 0.2) is 47.6 Å². The zero-order valence-corrected chi connectivity index (χ0v) is 24.5. The Morgan fingerprint density at radius 1 is 1.08 bits per heavy atom. The van der Waals surface area contributed by atoms with Crippen LogP contribution in [-0.4, -0.2) is 38.8 Å². The standard InChI is InChI=1S/C31H38N4O3S/c1-7-19-10-9-11-20(8-2)25(19)35-24(18-32-28(37)21-12-14-22(38-6)15-13-21)33-34-29(35)39-26-23-16-17-31(5,27(26)36)30(23,3)4/h9-15,23,26H,7-8,16-18H2,1-6H3,(H,32,37). The van der Waals surface area contributed by atoms with Crippen LogP contribution in [0.2, 0.25) is 0 Å². The molecule has 0 radical (unpaired) electrons. The van der Waals surface area contributed by atoms with Crippen LogP contribution in [0.1, 0.15) is 74.8 Å². The highest BCUT2D eigenvalue weighted by molar-refractivity contribution is 8.00. The molecular formula is C31H38N4O3S. The van der Waals surface area contributed by atoms with Gasteiger partial charge < -0.3 is 10.1 Å². The molecule has 1 heterocycles. The monoisotopic (exact) mass is 546 g/mol. The molecule has 1 aromatic heterocycles. The van der Waals surface area contributed by atoms with Crippen molar-refractivity contribution in [1.82, 2.24) is 20.1 Å². The molecular weight excluding hydrogens is 508 g/mol. The zero-order valence-electron chi connectivity index (χ0n) is 23.7. The Hall–Kier alpha value is -3.13. The summed E-state index contributed by atoms with van der Waals surface area (Å²) >= 11 is 1.55. The fraction of sp³-hybridized carbons (Fsp3) is 0.484. The molecule has 39 heavy (non-hydrogen) atoms. The van der Waals surface area contributed by atoms with E-state index in [2.05, 4.69) is 72.9 Å². The quantitative estimate of drug-likeness (QED) is 0.364. The summed E-state index contributed by atoms with van der Waals surface area (Å²) in [7, 11) is 1.60. The van der Waals surface area contributed by atoms with Crippen LogP contribution < -0.4 is 10.1 Å². The van der Waals surface area contributed by atoms with E-state index in [1.165, 1.54) is 11.1 Å². The number of carbonyl (C=O) groups is 2. The van der Waals surface area contributed by atoms with Crippen LogP contribution in [0, 0.1) is 16.7 Å². The minimum absolute atomic E-state index is 0.0440. The number of hydrogen-bond acceptors (Lipinski definition) is 6. The molecule has 2 saturated carbocycles. The molecule has 0 aliphatic heterocycles. The molecule has 3 aromatic rings. The van der Waals surface area contributed by atoms with Gasteiger partial charge in [0.15, 0.2) is 16.8 Å². The van der Waals surface area contributed by atoms with E-state index in [4.69, 9.17) is 4.74 Å². The van der Waals surface area contributed by atoms with Gasteiger partial charge in [0, 0.05) is 11.0 Å². The third kappa shape index (κ3) is 4.46. The summed E-state index contributed by atoms with van der Waals surface area (Å²) in [6.07, 6.45) is 3.70. The third-order valence-electron chi connectivity index (χ3n) is 9.35. The van der Waals surface area contributed by atoms with E-state index in [-0.39, 0.29) is 28.5 Å². The number of methoxy groups -OCH3 is 1. The number of ketones is 1. The number of rotatable bonds is 9. The predicted octanol–water partition coefficient (Wildman–Crippen LogP) is 5.82. The van der Waals surface area contributed by atoms with Crippen LogP contribution in [-0.2, 0) is 24.2 Å². The number of nitrogens with zero attached hydrogens (tertiary/aromatic N) is 3. The largest absolute Gasteiger partial charge is 0.497 e. The topological polar surface area (TPSA) is 86.1 Å². The number of aromatic nitrogens is 3. The molecule has 3 unspecified atom stereocenters. The van der Waals surface area contributed by atoms with Gasteiger partial charge in [-0.25, -0.2) is 0 Å². The van der Waals surface area contributed by atoms with E-state index in [9.17, 15) is 9.59 Å². The van der Waals surface area contributed by atoms with Gasteiger partial charge in [-0.2, -0.15) is 0 Å². The number of nitrogens with one attached hydrogen (secondary N) is 1. The second kappa shape index (κ2) is 10.5. The van der Waals surface area contributed by atoms with Crippen molar-refractivity contribution in [3.8, 4) is 11.4 Å². The predicted molar refractivity (Wildman–Crippen MR) is 154 cm³/mol. The van der Waals surface area contributed by atoms with Crippen molar-refractivity contribution in [2.45, 2.75) is 77.3 Å². The minimum Gasteiger partial charge on any atom is -0.497 e. The lowest BCUT2D eigenvalue weighted by molar-refractivity contribution is -0.127. The van der Waals surface area contributed by atoms with E-state index in [1.54, 1.807) is 43.1 Å². The van der Waals surface area contributed by atoms with E-state index < -0.39 is 0 Å². The summed E-state index contributed by atoms with van der Waals surface area (Å²) in [6.45, 7) is 11.1. The number of ether oxygens (including phenoxy) is 1. The smallest absolute Gasteiger partial charge is 0.251 e. The summed E-state index contributed by atoms with van der Waals surface area (Å²) in [4.78, 5) is 26.7. The molecule has 1 amide bonds. The lowest BCUT2D eigenvalue weighted by Crippen LogP contribution is -2.34. The number of Topliss-reactive ketones (excluding diaryl/α,β-unsaturated/α-hetero) is 1. The number of hydrogen-bond donors (Lipinski definition) is 1. The summed E-state index contributed by atoms with van der Waals surface area (Å²) in [5.41, 5.74) is 3.63. The van der Waals surface area contributed by atoms with E-state index in [0.717, 1.165) is 31.4 Å². The van der Waals surface area contributed by atoms with Crippen molar-refractivity contribution in [1.29, 1.82) is 0 Å². The first-order valence-electron chi connectivity index (χ1n) is 13.8. The van der Waals surface area contributed by atoms with Gasteiger partial charge in [-0.3, -0.25) is 14.2 Å². The molecule has 5 rings (SSSR count). The molecule has 8 heteroatoms. The number of aryl methyl sites for hydroxylation is 2. The fourth-order valence-corrected chi connectivity index (χ4v) is 8.10. The fourth-order valence-electron chi connectivity index (χ4n) is 6.47. The molecule has 2 aliphatic carbocycles. The Kier molecular flexibility index (Phi) is 7.35. The van der Waals surface area contributed by atoms with Gasteiger partial charge >= 0.3 is 0 Å². The highest BCUT2D eigenvalue weighted by atomic mass is 32.2. The van der Waals surface area contributed by atoms with Gasteiger partial charge in [0.2, 0.25) is 0 Å². The molecule has 1 N–H and O–H groups in total. The second-order valence-corrected chi connectivity index (χ2v) is 12.5. The Balaban J connectivity index is 1.51. The number of para-hydroxylation sites is 1. The summed E-state index contributed by atoms with van der Waals surface area (Å²) in [6, 6.07) is 13.4. The minimum atomic E-state index is -0.300. The Bertz CT molecular complexity index is 1380. The maximum absolute atomic E-state index is 13.7. The molecule has 0 saturated heterocycles. The van der Waals surface area contributed by atoms with E-state index >= 15 is 0 Å². The molecule has 2 bridgehead atoms. The highest BCUT2D eigenvalue weighted by Gasteiger charge is 2.66. The van der Waals surface area contributed by atoms with Crippen molar-refractivity contribution in [2.75, 3.05) is 7.11 Å². The van der Waals surface area contributed by atoms with Crippen LogP contribution >= 0.6 is 11.8 Å². The average molecular weight is 547 g/mol. The van der Waals surface area contributed by atoms with Crippen molar-refractivity contribution < 1.29 is 14.3 Å². The molecule has 2 aromatic carbocycles. The lowest BCUT2D eigenvalue weighted by atomic mass is 9.70. The number of benzene rings is 2. The van der Waals surface area contributed by atoms with Crippen LogP contribution in [0.4, 0.5) is 0 Å². The number of thioether (sulfide) groups is 1. The average Bonchev–Trinajstić information content (AvgIpc) is 3.49. The molecule has 2 fully saturated rings. The Labute approximate surface area is 235 Å². The molecule has 2 aliphatic rings. The lowest BCUT2D eigenvalue weighted by Gasteiger charge is -2.32. The van der Waals surface area contributed by atoms with Crippen molar-refractivity contribution in [3.63, 3.8) is 0 Å². The van der Waals surface area contributed by atoms with Gasteiger partial charge in [0.05, 0.1) is 24.6 Å². The Morgan fingerprint density at radius 2 is 1.74 bits per heavy atom. The number of amides is 1. The first kappa shape index (κ1) is 27.4. The summed E-state index contributed by atoms with van der Waals surface area (Å²) in [5.74, 6) is 1.78. The summed E-state index contributed by atoms with van der Waals surface area (Å²) in [5, 5.41) is 12.8. The number of fused-ring (bicyclic) bond motifs is 2.